The second-order valence-electron chi connectivity index (χ2n) is 9.34. The number of oxime groups is 1. The molecule has 1 saturated heterocycles. The zero-order valence-electron chi connectivity index (χ0n) is 21.8. The van der Waals surface area contributed by atoms with Crippen molar-refractivity contribution in [1.82, 2.24) is 15.2 Å². The van der Waals surface area contributed by atoms with Gasteiger partial charge >= 0.3 is 5.97 Å². The number of aryl methyl sites for hydroxylation is 1. The van der Waals surface area contributed by atoms with E-state index in [0.29, 0.717) is 12.1 Å². The number of carbonyl (C=O) groups is 5. The number of amides is 3. The van der Waals surface area contributed by atoms with Crippen LogP contribution in [0.1, 0.15) is 25.5 Å². The Labute approximate surface area is 236 Å². The Balaban J connectivity index is 1.36. The van der Waals surface area contributed by atoms with Gasteiger partial charge in [-0.2, -0.15) is 0 Å². The first-order valence-corrected chi connectivity index (χ1v) is 13.2. The molecular weight excluding hydrogens is 554 g/mol. The molecule has 210 valence electrons. The van der Waals surface area contributed by atoms with Gasteiger partial charge in [-0.3, -0.25) is 19.3 Å². The number of carboxylic acids is 1. The molecule has 3 aliphatic heterocycles. The van der Waals surface area contributed by atoms with Gasteiger partial charge in [0.05, 0.1) is 17.7 Å². The predicted octanol–water partition coefficient (Wildman–Crippen LogP) is -1.20. The molecule has 0 aromatic carbocycles. The van der Waals surface area contributed by atoms with Crippen LogP contribution in [0.4, 0.5) is 10.8 Å². The summed E-state index contributed by atoms with van der Waals surface area (Å²) in [6.07, 6.45) is 8.67. The average Bonchev–Trinajstić information content (AvgIpc) is 3.51. The number of carboxylic acid groups (broad SMARTS) is 1. The molecule has 3 aliphatic rings. The van der Waals surface area contributed by atoms with E-state index in [2.05, 4.69) is 20.3 Å². The molecular formula is C26H23N7O7S. The molecule has 2 aromatic rings. The van der Waals surface area contributed by atoms with Crippen LogP contribution in [0.15, 0.2) is 70.3 Å². The van der Waals surface area contributed by atoms with Crippen LogP contribution in [0, 0.1) is 0 Å². The Morgan fingerprint density at radius 2 is 2.12 bits per heavy atom. The van der Waals surface area contributed by atoms with Crippen LogP contribution in [0.5, 0.6) is 0 Å². The van der Waals surface area contributed by atoms with Crippen molar-refractivity contribution in [3.63, 3.8) is 0 Å². The van der Waals surface area contributed by atoms with Gasteiger partial charge in [0.1, 0.15) is 24.5 Å². The van der Waals surface area contributed by atoms with E-state index in [9.17, 15) is 29.1 Å². The van der Waals surface area contributed by atoms with Crippen molar-refractivity contribution < 1.29 is 38.5 Å². The number of nitrogens with zero attached hydrogens (tertiary/aromatic N) is 5. The van der Waals surface area contributed by atoms with Crippen molar-refractivity contribution in [3.05, 3.63) is 70.8 Å². The minimum Gasteiger partial charge on any atom is -0.543 e. The Morgan fingerprint density at radius 1 is 1.34 bits per heavy atom. The molecule has 0 aliphatic carbocycles. The van der Waals surface area contributed by atoms with Gasteiger partial charge in [0.2, 0.25) is 0 Å². The minimum absolute atomic E-state index is 0.0374. The molecule has 2 aromatic heterocycles. The van der Waals surface area contributed by atoms with Gasteiger partial charge < -0.3 is 30.7 Å². The zero-order chi connectivity index (χ0) is 29.4. The Hall–Kier alpha value is -5.18. The lowest BCUT2D eigenvalue weighted by atomic mass is 9.83. The molecule has 5 rings (SSSR count). The van der Waals surface area contributed by atoms with Crippen LogP contribution >= 0.6 is 11.3 Å². The molecule has 0 saturated carbocycles. The maximum atomic E-state index is 13.1. The smallest absolute Gasteiger partial charge is 0.332 e. The van der Waals surface area contributed by atoms with Gasteiger partial charge in [0.15, 0.2) is 23.2 Å². The number of anilines is 2. The molecule has 2 atom stereocenters. The van der Waals surface area contributed by atoms with Crippen molar-refractivity contribution in [1.29, 1.82) is 0 Å². The van der Waals surface area contributed by atoms with Crippen LogP contribution in [-0.2, 0) is 35.9 Å². The Morgan fingerprint density at radius 3 is 2.78 bits per heavy atom. The molecule has 3 N–H and O–H groups in total. The number of nitrogens with one attached hydrogen (secondary N) is 1. The topological polar surface area (TPSA) is 191 Å². The second-order valence-corrected chi connectivity index (χ2v) is 10.2. The number of β-lactam (4-membered cyclic amide) rings is 1. The third kappa shape index (κ3) is 5.21. The Bertz CT molecular complexity index is 1620. The summed E-state index contributed by atoms with van der Waals surface area (Å²) in [4.78, 5) is 73.7. The fraction of sp³-hybridized carbons (Fsp3) is 0.231. The number of allylic oxidation sites excluding steroid dienone is 2. The van der Waals surface area contributed by atoms with Crippen molar-refractivity contribution >= 4 is 57.5 Å². The molecule has 0 unspecified atom stereocenters. The Kier molecular flexibility index (Phi) is 7.19. The monoisotopic (exact) mass is 577 g/mol. The normalized spacial score (nSPS) is 21.2. The highest BCUT2D eigenvalue weighted by Gasteiger charge is 2.52. The summed E-state index contributed by atoms with van der Waals surface area (Å²) in [6, 6.07) is 1.79. The SMILES string of the molecule is CC(=O)O/N=C(\C(=O)N[C@@H]1C(=O)N2C(C(=O)[O-])=C(/C=C3\C=CN(c4ccc[n+](C)c4)C3=O)CC[C@H]12)c1csc(N)n1. The minimum atomic E-state index is -1.59. The van der Waals surface area contributed by atoms with Crippen LogP contribution in [0.25, 0.3) is 0 Å². The standard InChI is InChI=1S/C26H23N7O7S/c1-13(34)40-30-19(17-12-41-26(27)28-17)22(35)29-20-18-6-5-14(21(25(38)39)33(18)24(20)37)10-15-7-9-32(23(15)36)16-4-3-8-31(2)11-16/h3-4,7-12,18,20H,5-6H2,1-2H3,(H3-,27,28,29,35,38,39)/b15-10+,30-19-/t18-,20+/m1/s1. The van der Waals surface area contributed by atoms with Crippen LogP contribution in [-0.4, -0.2) is 57.3 Å². The first-order valence-electron chi connectivity index (χ1n) is 12.3. The molecule has 0 radical (unpaired) electrons. The third-order valence-corrected chi connectivity index (χ3v) is 7.27. The summed E-state index contributed by atoms with van der Waals surface area (Å²) in [5.41, 5.74) is 6.07. The van der Waals surface area contributed by atoms with Gasteiger partial charge in [-0.15, -0.1) is 11.3 Å². The number of nitrogen functional groups attached to an aromatic ring is 1. The van der Waals surface area contributed by atoms with E-state index in [1.54, 1.807) is 35.2 Å². The van der Waals surface area contributed by atoms with Gasteiger partial charge in [-0.25, -0.2) is 14.3 Å². The molecule has 3 amide bonds. The molecule has 0 bridgehead atoms. The lowest BCUT2D eigenvalue weighted by Gasteiger charge is -2.51. The maximum absolute atomic E-state index is 13.1. The van der Waals surface area contributed by atoms with Gasteiger partial charge in [-0.1, -0.05) is 5.16 Å². The van der Waals surface area contributed by atoms with E-state index in [-0.39, 0.29) is 45.7 Å². The number of hydrogen-bond acceptors (Lipinski definition) is 11. The number of fused-ring (bicyclic) bond motifs is 1. The number of aromatic nitrogens is 2. The molecule has 0 spiro atoms. The van der Waals surface area contributed by atoms with E-state index in [0.717, 1.165) is 23.2 Å². The number of thiazole rings is 1. The van der Waals surface area contributed by atoms with Gasteiger partial charge in [0.25, 0.3) is 17.7 Å². The molecule has 15 heteroatoms. The number of pyridine rings is 1. The van der Waals surface area contributed by atoms with Crippen molar-refractivity contribution in [2.75, 3.05) is 10.6 Å². The summed E-state index contributed by atoms with van der Waals surface area (Å²) in [5.74, 6) is -4.27. The molecule has 1 fully saturated rings. The highest BCUT2D eigenvalue weighted by molar-refractivity contribution is 7.13. The number of rotatable bonds is 7. The number of aliphatic carboxylic acids is 1. The highest BCUT2D eigenvalue weighted by atomic mass is 32.1. The molecule has 14 nitrogen and oxygen atoms in total. The van der Waals surface area contributed by atoms with E-state index >= 15 is 0 Å². The van der Waals surface area contributed by atoms with Crippen LogP contribution < -0.4 is 25.6 Å². The van der Waals surface area contributed by atoms with Gasteiger partial charge in [0, 0.05) is 30.1 Å². The number of nitrogens with two attached hydrogens (primary N) is 1. The number of hydrogen-bond donors (Lipinski definition) is 2. The fourth-order valence-corrected chi connectivity index (χ4v) is 5.34. The zero-order valence-corrected chi connectivity index (χ0v) is 22.6. The lowest BCUT2D eigenvalue weighted by molar-refractivity contribution is -0.670. The third-order valence-electron chi connectivity index (χ3n) is 6.60. The predicted molar refractivity (Wildman–Crippen MR) is 141 cm³/mol. The van der Waals surface area contributed by atoms with Crippen LogP contribution in [0.2, 0.25) is 0 Å². The van der Waals surface area contributed by atoms with Gasteiger partial charge in [-0.05, 0) is 36.6 Å². The fourth-order valence-electron chi connectivity index (χ4n) is 4.79. The first-order chi connectivity index (χ1) is 19.5. The summed E-state index contributed by atoms with van der Waals surface area (Å²) in [5, 5.41) is 19.8. The van der Waals surface area contributed by atoms with E-state index in [4.69, 9.17) is 5.73 Å². The average molecular weight is 578 g/mol. The van der Waals surface area contributed by atoms with E-state index in [1.165, 1.54) is 16.4 Å². The van der Waals surface area contributed by atoms with Crippen LogP contribution in [0.3, 0.4) is 0 Å². The quantitative estimate of drug-likeness (QED) is 0.102. The second kappa shape index (κ2) is 10.8. The highest BCUT2D eigenvalue weighted by Crippen LogP contribution is 2.38. The summed E-state index contributed by atoms with van der Waals surface area (Å²) in [6.45, 7) is 1.10. The van der Waals surface area contributed by atoms with Crippen molar-refractivity contribution in [2.45, 2.75) is 31.8 Å². The van der Waals surface area contributed by atoms with Crippen molar-refractivity contribution in [3.8, 4) is 0 Å². The summed E-state index contributed by atoms with van der Waals surface area (Å²) >= 11 is 1.03. The molecule has 5 heterocycles. The summed E-state index contributed by atoms with van der Waals surface area (Å²) < 4.78 is 1.79. The van der Waals surface area contributed by atoms with E-state index < -0.39 is 35.8 Å². The summed E-state index contributed by atoms with van der Waals surface area (Å²) in [7, 11) is 1.82. The first kappa shape index (κ1) is 27.4. The molecule has 41 heavy (non-hydrogen) atoms. The lowest BCUT2D eigenvalue weighted by Crippen LogP contribution is -2.72. The van der Waals surface area contributed by atoms with Crippen molar-refractivity contribution in [2.24, 2.45) is 12.2 Å². The number of carbonyl (C=O) groups excluding carboxylic acids is 5. The maximum Gasteiger partial charge on any atom is 0.332 e. The largest absolute Gasteiger partial charge is 0.543 e. The van der Waals surface area contributed by atoms with E-state index in [1.807, 2.05) is 13.2 Å².